The van der Waals surface area contributed by atoms with Crippen molar-refractivity contribution >= 4 is 22.9 Å². The summed E-state index contributed by atoms with van der Waals surface area (Å²) in [4.78, 5) is 17.2. The summed E-state index contributed by atoms with van der Waals surface area (Å²) in [5, 5.41) is 3.53. The first-order chi connectivity index (χ1) is 10.1. The van der Waals surface area contributed by atoms with Crippen LogP contribution in [0.4, 0.5) is 5.69 Å². The molecule has 21 heavy (non-hydrogen) atoms. The third-order valence-corrected chi connectivity index (χ3v) is 4.67. The van der Waals surface area contributed by atoms with Gasteiger partial charge in [0.1, 0.15) is 6.17 Å². The first-order valence-electron chi connectivity index (χ1n) is 7.29. The highest BCUT2D eigenvalue weighted by Gasteiger charge is 2.33. The molecule has 2 aromatic rings. The molecule has 110 valence electrons. The Hall–Kier alpha value is -1.81. The third-order valence-electron chi connectivity index (χ3n) is 3.61. The van der Waals surface area contributed by atoms with Crippen LogP contribution in [0.15, 0.2) is 36.4 Å². The lowest BCUT2D eigenvalue weighted by Crippen LogP contribution is -2.44. The second-order valence-corrected chi connectivity index (χ2v) is 7.21. The molecule has 0 aliphatic carbocycles. The van der Waals surface area contributed by atoms with Crippen molar-refractivity contribution < 1.29 is 4.79 Å². The number of fused-ring (bicyclic) bond motifs is 1. The second-order valence-electron chi connectivity index (χ2n) is 5.89. The van der Waals surface area contributed by atoms with Crippen molar-refractivity contribution in [3.8, 4) is 0 Å². The minimum atomic E-state index is -0.0616. The van der Waals surface area contributed by atoms with Crippen LogP contribution in [-0.2, 0) is 0 Å². The number of benzene rings is 1. The van der Waals surface area contributed by atoms with Gasteiger partial charge in [0.25, 0.3) is 5.91 Å². The van der Waals surface area contributed by atoms with Crippen molar-refractivity contribution in [3.63, 3.8) is 0 Å². The fraction of sp³-hybridized carbons (Fsp3) is 0.353. The van der Waals surface area contributed by atoms with Gasteiger partial charge in [-0.1, -0.05) is 26.0 Å². The molecule has 1 aliphatic rings. The van der Waals surface area contributed by atoms with Gasteiger partial charge in [0.15, 0.2) is 0 Å². The Balaban J connectivity index is 2.02. The second kappa shape index (κ2) is 5.53. The number of para-hydroxylation sites is 1. The Morgan fingerprint density at radius 2 is 2.00 bits per heavy atom. The summed E-state index contributed by atoms with van der Waals surface area (Å²) in [5.74, 6) is 0.554. The highest BCUT2D eigenvalue weighted by Crippen LogP contribution is 2.36. The van der Waals surface area contributed by atoms with E-state index in [1.807, 2.05) is 29.2 Å². The number of anilines is 1. The van der Waals surface area contributed by atoms with Crippen LogP contribution < -0.4 is 5.32 Å². The standard InChI is InChI=1S/C17H20N2OS/c1-11(2)10-19-16(15-9-8-12(3)21-15)18-14-7-5-4-6-13(14)17(19)20/h4-9,11,16,18H,10H2,1-3H3. The topological polar surface area (TPSA) is 32.3 Å². The predicted octanol–water partition coefficient (Wildman–Crippen LogP) is 4.28. The Morgan fingerprint density at radius 1 is 1.24 bits per heavy atom. The quantitative estimate of drug-likeness (QED) is 0.917. The van der Waals surface area contributed by atoms with Crippen LogP contribution in [0.1, 0.15) is 40.1 Å². The normalized spacial score (nSPS) is 17.8. The number of hydrogen-bond acceptors (Lipinski definition) is 3. The van der Waals surface area contributed by atoms with Gasteiger partial charge in [0, 0.05) is 22.0 Å². The molecule has 1 amide bonds. The van der Waals surface area contributed by atoms with E-state index >= 15 is 0 Å². The number of amides is 1. The molecule has 2 heterocycles. The number of thiophene rings is 1. The van der Waals surface area contributed by atoms with E-state index in [2.05, 4.69) is 38.2 Å². The Kier molecular flexibility index (Phi) is 3.72. The summed E-state index contributed by atoms with van der Waals surface area (Å²) in [6.45, 7) is 7.14. The molecule has 4 heteroatoms. The Bertz CT molecular complexity index is 662. The number of aryl methyl sites for hydroxylation is 1. The molecule has 0 fully saturated rings. The van der Waals surface area contributed by atoms with E-state index in [9.17, 15) is 4.79 Å². The third kappa shape index (κ3) is 2.68. The van der Waals surface area contributed by atoms with Crippen molar-refractivity contribution in [3.05, 3.63) is 51.7 Å². The number of nitrogens with one attached hydrogen (secondary N) is 1. The highest BCUT2D eigenvalue weighted by molar-refractivity contribution is 7.12. The molecule has 1 unspecified atom stereocenters. The van der Waals surface area contributed by atoms with Gasteiger partial charge in [0.05, 0.1) is 5.56 Å². The largest absolute Gasteiger partial charge is 0.360 e. The molecule has 1 aromatic carbocycles. The van der Waals surface area contributed by atoms with Crippen LogP contribution in [0.5, 0.6) is 0 Å². The van der Waals surface area contributed by atoms with E-state index in [4.69, 9.17) is 0 Å². The molecule has 1 aromatic heterocycles. The molecule has 0 saturated heterocycles. The molecule has 0 radical (unpaired) electrons. The monoisotopic (exact) mass is 300 g/mol. The van der Waals surface area contributed by atoms with Crippen molar-refractivity contribution in [2.24, 2.45) is 5.92 Å². The lowest BCUT2D eigenvalue weighted by atomic mass is 10.1. The highest BCUT2D eigenvalue weighted by atomic mass is 32.1. The lowest BCUT2D eigenvalue weighted by Gasteiger charge is -2.38. The fourth-order valence-electron chi connectivity index (χ4n) is 2.70. The molecule has 3 rings (SSSR count). The van der Waals surface area contributed by atoms with Crippen molar-refractivity contribution in [2.75, 3.05) is 11.9 Å². The SMILES string of the molecule is Cc1ccc(C2Nc3ccccc3C(=O)N2CC(C)C)s1. The van der Waals surface area contributed by atoms with E-state index in [1.54, 1.807) is 11.3 Å². The van der Waals surface area contributed by atoms with E-state index in [0.717, 1.165) is 17.8 Å². The lowest BCUT2D eigenvalue weighted by molar-refractivity contribution is 0.0661. The smallest absolute Gasteiger partial charge is 0.257 e. The number of carbonyl (C=O) groups is 1. The molecular weight excluding hydrogens is 280 g/mol. The Labute approximate surface area is 129 Å². The fourth-order valence-corrected chi connectivity index (χ4v) is 3.64. The summed E-state index contributed by atoms with van der Waals surface area (Å²) in [6, 6.07) is 12.0. The van der Waals surface area contributed by atoms with Gasteiger partial charge in [-0.15, -0.1) is 11.3 Å². The first kappa shape index (κ1) is 14.1. The minimum Gasteiger partial charge on any atom is -0.360 e. The van der Waals surface area contributed by atoms with Gasteiger partial charge in [-0.25, -0.2) is 0 Å². The van der Waals surface area contributed by atoms with Crippen LogP contribution in [0.25, 0.3) is 0 Å². The molecule has 1 N–H and O–H groups in total. The van der Waals surface area contributed by atoms with Gasteiger partial charge < -0.3 is 10.2 Å². The van der Waals surface area contributed by atoms with E-state index in [-0.39, 0.29) is 12.1 Å². The molecule has 0 saturated carbocycles. The number of nitrogens with zero attached hydrogens (tertiary/aromatic N) is 1. The summed E-state index contributed by atoms with van der Waals surface area (Å²) >= 11 is 1.75. The zero-order chi connectivity index (χ0) is 15.0. The number of carbonyl (C=O) groups excluding carboxylic acids is 1. The summed E-state index contributed by atoms with van der Waals surface area (Å²) in [7, 11) is 0. The van der Waals surface area contributed by atoms with E-state index < -0.39 is 0 Å². The molecular formula is C17H20N2OS. The van der Waals surface area contributed by atoms with E-state index in [1.165, 1.54) is 9.75 Å². The van der Waals surface area contributed by atoms with Gasteiger partial charge in [-0.05, 0) is 37.1 Å². The van der Waals surface area contributed by atoms with Gasteiger partial charge in [-0.2, -0.15) is 0 Å². The van der Waals surface area contributed by atoms with Gasteiger partial charge in [0.2, 0.25) is 0 Å². The summed E-state index contributed by atoms with van der Waals surface area (Å²) in [6.07, 6.45) is -0.0616. The first-order valence-corrected chi connectivity index (χ1v) is 8.11. The van der Waals surface area contributed by atoms with Crippen LogP contribution in [-0.4, -0.2) is 17.4 Å². The average Bonchev–Trinajstić information content (AvgIpc) is 2.88. The van der Waals surface area contributed by atoms with Crippen molar-refractivity contribution in [1.82, 2.24) is 4.90 Å². The summed E-state index contributed by atoms with van der Waals surface area (Å²) < 4.78 is 0. The molecule has 0 bridgehead atoms. The molecule has 1 atom stereocenters. The number of hydrogen-bond donors (Lipinski definition) is 1. The molecule has 0 spiro atoms. The van der Waals surface area contributed by atoms with Gasteiger partial charge >= 0.3 is 0 Å². The maximum atomic E-state index is 12.8. The maximum absolute atomic E-state index is 12.8. The zero-order valence-corrected chi connectivity index (χ0v) is 13.4. The van der Waals surface area contributed by atoms with Gasteiger partial charge in [-0.3, -0.25) is 4.79 Å². The summed E-state index contributed by atoms with van der Waals surface area (Å²) in [5.41, 5.74) is 1.70. The van der Waals surface area contributed by atoms with Crippen LogP contribution >= 0.6 is 11.3 Å². The molecule has 1 aliphatic heterocycles. The van der Waals surface area contributed by atoms with Crippen LogP contribution in [0.3, 0.4) is 0 Å². The zero-order valence-electron chi connectivity index (χ0n) is 12.6. The van der Waals surface area contributed by atoms with Crippen LogP contribution in [0.2, 0.25) is 0 Å². The van der Waals surface area contributed by atoms with Crippen molar-refractivity contribution in [2.45, 2.75) is 26.9 Å². The van der Waals surface area contributed by atoms with Crippen LogP contribution in [0, 0.1) is 12.8 Å². The molecule has 3 nitrogen and oxygen atoms in total. The predicted molar refractivity (Wildman–Crippen MR) is 87.7 cm³/mol. The van der Waals surface area contributed by atoms with E-state index in [0.29, 0.717) is 5.92 Å². The average molecular weight is 300 g/mol. The Morgan fingerprint density at radius 3 is 2.67 bits per heavy atom. The number of rotatable bonds is 3. The maximum Gasteiger partial charge on any atom is 0.257 e. The minimum absolute atomic E-state index is 0.0616. The van der Waals surface area contributed by atoms with Crippen molar-refractivity contribution in [1.29, 1.82) is 0 Å².